The monoisotopic (exact) mass is 605 g/mol. The van der Waals surface area contributed by atoms with Crippen LogP contribution in [0.4, 0.5) is 0 Å². The molecule has 0 fully saturated rings. The van der Waals surface area contributed by atoms with Crippen molar-refractivity contribution in [2.45, 2.75) is 126 Å². The Hall–Kier alpha value is -3.12. The lowest BCUT2D eigenvalue weighted by molar-refractivity contribution is 0.251. The van der Waals surface area contributed by atoms with Crippen LogP contribution in [0.5, 0.6) is 0 Å². The van der Waals surface area contributed by atoms with Gasteiger partial charge in [-0.3, -0.25) is 0 Å². The first kappa shape index (κ1) is 38.1. The molecular weight excluding hydrogens is 540 g/mol. The maximum Gasteiger partial charge on any atom is -0.0129 e. The van der Waals surface area contributed by atoms with Crippen molar-refractivity contribution in [1.82, 2.24) is 0 Å². The molecule has 0 unspecified atom stereocenters. The van der Waals surface area contributed by atoms with Gasteiger partial charge < -0.3 is 0 Å². The molecule has 0 spiro atoms. The highest BCUT2D eigenvalue weighted by Gasteiger charge is 2.30. The molecule has 1 aliphatic rings. The van der Waals surface area contributed by atoms with Gasteiger partial charge in [-0.15, -0.1) is 0 Å². The topological polar surface area (TPSA) is 0 Å². The molecule has 0 aromatic heterocycles. The van der Waals surface area contributed by atoms with E-state index in [0.29, 0.717) is 10.8 Å². The fraction of sp³-hybridized carbons (Fsp3) is 0.467. The predicted molar refractivity (Wildman–Crippen MR) is 202 cm³/mol. The van der Waals surface area contributed by atoms with E-state index in [9.17, 15) is 0 Å². The quantitative estimate of drug-likeness (QED) is 0.187. The average Bonchev–Trinajstić information content (AvgIpc) is 3.39. The first-order valence-corrected chi connectivity index (χ1v) is 16.9. The molecule has 0 amide bonds. The van der Waals surface area contributed by atoms with E-state index in [1.54, 1.807) is 11.1 Å². The molecule has 0 heteroatoms. The molecule has 244 valence electrons. The van der Waals surface area contributed by atoms with Gasteiger partial charge in [0.05, 0.1) is 0 Å². The van der Waals surface area contributed by atoms with Gasteiger partial charge in [0.2, 0.25) is 0 Å². The molecule has 0 heterocycles. The number of rotatable bonds is 0. The lowest BCUT2D eigenvalue weighted by Gasteiger charge is -2.26. The van der Waals surface area contributed by atoms with Crippen LogP contribution in [0.1, 0.15) is 122 Å². The van der Waals surface area contributed by atoms with Crippen LogP contribution in [-0.2, 0) is 29.1 Å². The summed E-state index contributed by atoms with van der Waals surface area (Å²) in [5.74, 6) is 0.838. The normalized spacial score (nSPS) is 13.3. The standard InChI is InChI=1S/C13H18.2C11H16.C10H14/c1-13(2,3)12-8-10-6-4-5-7-11(10)9-12;1-9-6-5-7-10(8-9)11(2,3)4;1-9-7-5-6-8-10(9)11(2,3)4;1-10(2,3)9-7-5-4-6-8-9/h4-7,12H,8-9H2,1-3H3;2*5-8H,1-4H3;4-8H,1-3H3. The molecule has 0 bridgehead atoms. The molecule has 0 aliphatic heterocycles. The molecule has 0 saturated heterocycles. The lowest BCUT2D eigenvalue weighted by Crippen LogP contribution is -2.20. The summed E-state index contributed by atoms with van der Waals surface area (Å²) in [6, 6.07) is 36.7. The van der Waals surface area contributed by atoms with Crippen molar-refractivity contribution in [2.24, 2.45) is 11.3 Å². The van der Waals surface area contributed by atoms with E-state index in [1.807, 2.05) is 0 Å². The Bertz CT molecular complexity index is 1400. The van der Waals surface area contributed by atoms with Crippen molar-refractivity contribution in [3.05, 3.63) is 142 Å². The van der Waals surface area contributed by atoms with Gasteiger partial charge in [0, 0.05) is 0 Å². The number of fused-ring (bicyclic) bond motifs is 1. The fourth-order valence-corrected chi connectivity index (χ4v) is 5.64. The average molecular weight is 605 g/mol. The van der Waals surface area contributed by atoms with E-state index in [1.165, 1.54) is 40.7 Å². The predicted octanol–water partition coefficient (Wildman–Crippen LogP) is 13.0. The highest BCUT2D eigenvalue weighted by atomic mass is 14.3. The molecule has 0 atom stereocenters. The minimum absolute atomic E-state index is 0.283. The molecule has 0 saturated carbocycles. The Morgan fingerprint density at radius 3 is 1.24 bits per heavy atom. The highest BCUT2D eigenvalue weighted by molar-refractivity contribution is 5.33. The van der Waals surface area contributed by atoms with Crippen molar-refractivity contribution in [3.8, 4) is 0 Å². The van der Waals surface area contributed by atoms with Crippen LogP contribution < -0.4 is 0 Å². The second-order valence-corrected chi connectivity index (χ2v) is 17.0. The third-order valence-corrected chi connectivity index (χ3v) is 8.75. The molecule has 45 heavy (non-hydrogen) atoms. The van der Waals surface area contributed by atoms with Gasteiger partial charge in [-0.2, -0.15) is 0 Å². The molecule has 0 radical (unpaired) electrons. The summed E-state index contributed by atoms with van der Waals surface area (Å²) in [4.78, 5) is 0. The summed E-state index contributed by atoms with van der Waals surface area (Å²) < 4.78 is 0. The summed E-state index contributed by atoms with van der Waals surface area (Å²) >= 11 is 0. The van der Waals surface area contributed by atoms with Crippen LogP contribution >= 0.6 is 0 Å². The van der Waals surface area contributed by atoms with E-state index >= 15 is 0 Å². The molecule has 4 aromatic carbocycles. The van der Waals surface area contributed by atoms with E-state index in [2.05, 4.69) is 200 Å². The van der Waals surface area contributed by atoms with Gasteiger partial charge in [0.25, 0.3) is 0 Å². The lowest BCUT2D eigenvalue weighted by atomic mass is 9.79. The zero-order chi connectivity index (χ0) is 34.1. The molecule has 0 nitrogen and oxygen atoms in total. The second-order valence-electron chi connectivity index (χ2n) is 17.0. The van der Waals surface area contributed by atoms with Crippen LogP contribution in [-0.4, -0.2) is 0 Å². The van der Waals surface area contributed by atoms with Crippen molar-refractivity contribution >= 4 is 0 Å². The number of aryl methyl sites for hydroxylation is 2. The van der Waals surface area contributed by atoms with E-state index in [4.69, 9.17) is 0 Å². The largest absolute Gasteiger partial charge is 0.0622 e. The summed E-state index contributed by atoms with van der Waals surface area (Å²) in [6.07, 6.45) is 2.55. The Kier molecular flexibility index (Phi) is 13.5. The van der Waals surface area contributed by atoms with Gasteiger partial charge in [-0.05, 0) is 87.6 Å². The summed E-state index contributed by atoms with van der Waals surface area (Å²) in [5, 5.41) is 0. The number of hydrogen-bond acceptors (Lipinski definition) is 0. The van der Waals surface area contributed by atoms with Gasteiger partial charge in [-0.1, -0.05) is 192 Å². The molecular formula is C45H64. The first-order valence-electron chi connectivity index (χ1n) is 16.9. The Morgan fingerprint density at radius 2 is 0.889 bits per heavy atom. The first-order chi connectivity index (χ1) is 20.7. The third kappa shape index (κ3) is 13.0. The SMILES string of the molecule is CC(C)(C)C1Cc2ccccc2C1.CC(C)(C)c1ccccc1.Cc1cccc(C(C)(C)C)c1.Cc1ccccc1C(C)(C)C. The van der Waals surface area contributed by atoms with Crippen molar-refractivity contribution in [2.75, 3.05) is 0 Å². The Labute approximate surface area is 278 Å². The van der Waals surface area contributed by atoms with Crippen LogP contribution in [0.25, 0.3) is 0 Å². The summed E-state index contributed by atoms with van der Waals surface area (Å²) in [7, 11) is 0. The number of benzene rings is 4. The molecule has 1 aliphatic carbocycles. The summed E-state index contributed by atoms with van der Waals surface area (Å²) in [6.45, 7) is 31.5. The molecule has 0 N–H and O–H groups in total. The number of hydrogen-bond donors (Lipinski definition) is 0. The Balaban J connectivity index is 0.000000210. The van der Waals surface area contributed by atoms with E-state index < -0.39 is 0 Å². The van der Waals surface area contributed by atoms with Crippen molar-refractivity contribution in [1.29, 1.82) is 0 Å². The van der Waals surface area contributed by atoms with Gasteiger partial charge in [-0.25, -0.2) is 0 Å². The maximum atomic E-state index is 2.35. The minimum atomic E-state index is 0.283. The Morgan fingerprint density at radius 1 is 0.444 bits per heavy atom. The zero-order valence-electron chi connectivity index (χ0n) is 31.3. The van der Waals surface area contributed by atoms with Crippen molar-refractivity contribution < 1.29 is 0 Å². The second kappa shape index (κ2) is 15.9. The van der Waals surface area contributed by atoms with Crippen LogP contribution in [0, 0.1) is 25.2 Å². The van der Waals surface area contributed by atoms with E-state index in [-0.39, 0.29) is 10.8 Å². The third-order valence-electron chi connectivity index (χ3n) is 8.75. The smallest absolute Gasteiger partial charge is 0.0129 e. The van der Waals surface area contributed by atoms with E-state index in [0.717, 1.165) is 5.92 Å². The zero-order valence-corrected chi connectivity index (χ0v) is 31.3. The highest BCUT2D eigenvalue weighted by Crippen LogP contribution is 2.38. The maximum absolute atomic E-state index is 2.35. The van der Waals surface area contributed by atoms with Crippen LogP contribution in [0.15, 0.2) is 103 Å². The molecule has 5 rings (SSSR count). The van der Waals surface area contributed by atoms with Crippen molar-refractivity contribution in [3.63, 3.8) is 0 Å². The fourth-order valence-electron chi connectivity index (χ4n) is 5.64. The van der Waals surface area contributed by atoms with Crippen LogP contribution in [0.2, 0.25) is 0 Å². The minimum Gasteiger partial charge on any atom is -0.0622 e. The van der Waals surface area contributed by atoms with Gasteiger partial charge in [0.15, 0.2) is 0 Å². The van der Waals surface area contributed by atoms with Crippen LogP contribution in [0.3, 0.4) is 0 Å². The van der Waals surface area contributed by atoms with Gasteiger partial charge >= 0.3 is 0 Å². The van der Waals surface area contributed by atoms with Gasteiger partial charge in [0.1, 0.15) is 0 Å². The molecule has 4 aromatic rings. The summed E-state index contributed by atoms with van der Waals surface area (Å²) in [5.41, 5.74) is 11.5.